The minimum atomic E-state index is -0.770. The van der Waals surface area contributed by atoms with Crippen LogP contribution in [-0.4, -0.2) is 54.3 Å². The van der Waals surface area contributed by atoms with Crippen molar-refractivity contribution in [2.24, 2.45) is 0 Å². The van der Waals surface area contributed by atoms with Gasteiger partial charge in [0.05, 0.1) is 12.7 Å². The summed E-state index contributed by atoms with van der Waals surface area (Å²) in [6.45, 7) is 1.32. The fourth-order valence-electron chi connectivity index (χ4n) is 4.57. The van der Waals surface area contributed by atoms with Gasteiger partial charge in [0.2, 0.25) is 5.91 Å². The molecule has 0 radical (unpaired) electrons. The number of benzene rings is 1. The Balaban J connectivity index is 1.55. The van der Waals surface area contributed by atoms with Crippen molar-refractivity contribution in [3.05, 3.63) is 35.6 Å². The minimum absolute atomic E-state index is 0.0299. The molecule has 2 saturated heterocycles. The average Bonchev–Trinajstić information content (AvgIpc) is 3.35. The van der Waals surface area contributed by atoms with Gasteiger partial charge in [-0.25, -0.2) is 4.39 Å². The molecule has 2 heterocycles. The zero-order valence-corrected chi connectivity index (χ0v) is 16.0. The van der Waals surface area contributed by atoms with Crippen LogP contribution in [0.15, 0.2) is 24.3 Å². The van der Waals surface area contributed by atoms with Gasteiger partial charge in [-0.3, -0.25) is 14.5 Å². The van der Waals surface area contributed by atoms with Gasteiger partial charge in [0.1, 0.15) is 17.6 Å². The molecule has 3 aliphatic rings. The van der Waals surface area contributed by atoms with Crippen molar-refractivity contribution >= 4 is 11.8 Å². The van der Waals surface area contributed by atoms with Crippen LogP contribution in [0, 0.1) is 5.82 Å². The number of hydrogen-bond acceptors (Lipinski definition) is 4. The molecule has 0 aromatic heterocycles. The highest BCUT2D eigenvalue weighted by Gasteiger charge is 2.53. The van der Waals surface area contributed by atoms with Gasteiger partial charge in [0.25, 0.3) is 5.91 Å². The third kappa shape index (κ3) is 3.78. The van der Waals surface area contributed by atoms with Gasteiger partial charge in [-0.15, -0.1) is 0 Å². The molecule has 0 unspecified atom stereocenters. The highest BCUT2D eigenvalue weighted by molar-refractivity contribution is 5.98. The second-order valence-corrected chi connectivity index (χ2v) is 7.90. The Morgan fingerprint density at radius 2 is 2.04 bits per heavy atom. The predicted octanol–water partition coefficient (Wildman–Crippen LogP) is 2.62. The lowest BCUT2D eigenvalue weighted by Crippen LogP contribution is -2.56. The van der Waals surface area contributed by atoms with Crippen LogP contribution in [0.1, 0.15) is 55.3 Å². The molecule has 28 heavy (non-hydrogen) atoms. The lowest BCUT2D eigenvalue weighted by molar-refractivity contribution is -0.127. The van der Waals surface area contributed by atoms with E-state index in [1.54, 1.807) is 11.0 Å². The maximum atomic E-state index is 13.7. The van der Waals surface area contributed by atoms with Gasteiger partial charge in [-0.05, 0) is 56.7 Å². The van der Waals surface area contributed by atoms with Crippen LogP contribution >= 0.6 is 0 Å². The molecule has 1 aromatic rings. The van der Waals surface area contributed by atoms with Crippen molar-refractivity contribution in [1.29, 1.82) is 0 Å². The first-order valence-electron chi connectivity index (χ1n) is 10.2. The number of rotatable bonds is 4. The molecular formula is C21H27FN2O4. The van der Waals surface area contributed by atoms with Gasteiger partial charge in [-0.1, -0.05) is 12.5 Å². The van der Waals surface area contributed by atoms with E-state index >= 15 is 0 Å². The van der Waals surface area contributed by atoms with Crippen LogP contribution in [0.5, 0.6) is 0 Å². The van der Waals surface area contributed by atoms with Crippen LogP contribution < -0.4 is 5.32 Å². The van der Waals surface area contributed by atoms with E-state index in [-0.39, 0.29) is 30.1 Å². The number of ether oxygens (including phenoxy) is 2. The second kappa shape index (κ2) is 8.17. The Labute approximate surface area is 164 Å². The Hall–Kier alpha value is -1.99. The van der Waals surface area contributed by atoms with Crippen LogP contribution in [0.3, 0.4) is 0 Å². The van der Waals surface area contributed by atoms with Gasteiger partial charge in [0, 0.05) is 18.7 Å². The van der Waals surface area contributed by atoms with E-state index in [2.05, 4.69) is 5.32 Å². The van der Waals surface area contributed by atoms with Crippen molar-refractivity contribution in [2.75, 3.05) is 19.8 Å². The first-order valence-corrected chi connectivity index (χ1v) is 10.2. The maximum absolute atomic E-state index is 13.7. The molecule has 1 aliphatic carbocycles. The first-order chi connectivity index (χ1) is 13.6. The van der Waals surface area contributed by atoms with Gasteiger partial charge < -0.3 is 14.8 Å². The average molecular weight is 390 g/mol. The maximum Gasteiger partial charge on any atom is 0.256 e. The third-order valence-corrected chi connectivity index (χ3v) is 6.02. The highest BCUT2D eigenvalue weighted by Crippen LogP contribution is 2.41. The summed E-state index contributed by atoms with van der Waals surface area (Å²) in [6.07, 6.45) is 6.32. The number of amides is 2. The Kier molecular flexibility index (Phi) is 5.64. The minimum Gasteiger partial charge on any atom is -0.376 e. The smallest absolute Gasteiger partial charge is 0.256 e. The predicted molar refractivity (Wildman–Crippen MR) is 100 cm³/mol. The summed E-state index contributed by atoms with van der Waals surface area (Å²) in [7, 11) is 0. The van der Waals surface area contributed by atoms with E-state index in [0.717, 1.165) is 38.7 Å². The molecule has 2 aliphatic heterocycles. The standard InChI is InChI=1S/C21H27FN2O4/c22-16-7-4-6-15(12-16)20(26)24-18(14-28-21(24)9-2-1-3-10-21)19(25)23-13-17-8-5-11-27-17/h4,6-7,12,17-18H,1-3,5,8-11,13-14H2,(H,23,25)/t17-,18-/m1/s1. The number of nitrogens with one attached hydrogen (secondary N) is 1. The van der Waals surface area contributed by atoms with Crippen molar-refractivity contribution in [3.63, 3.8) is 0 Å². The van der Waals surface area contributed by atoms with Crippen molar-refractivity contribution in [3.8, 4) is 0 Å². The fourth-order valence-corrected chi connectivity index (χ4v) is 4.57. The number of carbonyl (C=O) groups excluding carboxylic acids is 2. The first kappa shape index (κ1) is 19.3. The number of carbonyl (C=O) groups is 2. The van der Waals surface area contributed by atoms with E-state index in [1.807, 2.05) is 0 Å². The summed E-state index contributed by atoms with van der Waals surface area (Å²) in [5.41, 5.74) is -0.527. The van der Waals surface area contributed by atoms with Gasteiger partial charge in [0.15, 0.2) is 0 Å². The number of nitrogens with zero attached hydrogens (tertiary/aromatic N) is 1. The van der Waals surface area contributed by atoms with E-state index in [1.165, 1.54) is 18.2 Å². The fraction of sp³-hybridized carbons (Fsp3) is 0.619. The van der Waals surface area contributed by atoms with Crippen molar-refractivity contribution < 1.29 is 23.5 Å². The summed E-state index contributed by atoms with van der Waals surface area (Å²) >= 11 is 0. The van der Waals surface area contributed by atoms with E-state index in [4.69, 9.17) is 9.47 Å². The summed E-state index contributed by atoms with van der Waals surface area (Å²) in [5, 5.41) is 2.92. The molecular weight excluding hydrogens is 363 g/mol. The van der Waals surface area contributed by atoms with Crippen LogP contribution in [0.2, 0.25) is 0 Å². The monoisotopic (exact) mass is 390 g/mol. The molecule has 7 heteroatoms. The van der Waals surface area contributed by atoms with E-state index in [0.29, 0.717) is 19.4 Å². The van der Waals surface area contributed by atoms with Crippen LogP contribution in [0.4, 0.5) is 4.39 Å². The second-order valence-electron chi connectivity index (χ2n) is 7.90. The molecule has 2 atom stereocenters. The summed E-state index contributed by atoms with van der Waals surface area (Å²) in [4.78, 5) is 27.8. The normalized spacial score (nSPS) is 26.5. The lowest BCUT2D eigenvalue weighted by Gasteiger charge is -2.41. The molecule has 0 bridgehead atoms. The molecule has 1 spiro atoms. The summed E-state index contributed by atoms with van der Waals surface area (Å²) in [6, 6.07) is 4.91. The van der Waals surface area contributed by atoms with E-state index in [9.17, 15) is 14.0 Å². The quantitative estimate of drug-likeness (QED) is 0.858. The molecule has 6 nitrogen and oxygen atoms in total. The van der Waals surface area contributed by atoms with Crippen molar-refractivity contribution in [2.45, 2.75) is 62.8 Å². The molecule has 1 N–H and O–H groups in total. The Morgan fingerprint density at radius 1 is 1.21 bits per heavy atom. The molecule has 152 valence electrons. The number of halogens is 1. The highest BCUT2D eigenvalue weighted by atomic mass is 19.1. The lowest BCUT2D eigenvalue weighted by atomic mass is 9.89. The van der Waals surface area contributed by atoms with Crippen molar-refractivity contribution in [1.82, 2.24) is 10.2 Å². The zero-order chi connectivity index (χ0) is 19.6. The SMILES string of the molecule is O=C(NC[C@H]1CCCO1)[C@H]1COC2(CCCCC2)N1C(=O)c1cccc(F)c1. The van der Waals surface area contributed by atoms with Gasteiger partial charge in [-0.2, -0.15) is 0 Å². The largest absolute Gasteiger partial charge is 0.376 e. The summed E-state index contributed by atoms with van der Waals surface area (Å²) < 4.78 is 25.4. The topological polar surface area (TPSA) is 67.9 Å². The Morgan fingerprint density at radius 3 is 2.75 bits per heavy atom. The molecule has 4 rings (SSSR count). The molecule has 1 saturated carbocycles. The molecule has 3 fully saturated rings. The van der Waals surface area contributed by atoms with Crippen LogP contribution in [-0.2, 0) is 14.3 Å². The Bertz CT molecular complexity index is 729. The zero-order valence-electron chi connectivity index (χ0n) is 16.0. The molecule has 1 aromatic carbocycles. The van der Waals surface area contributed by atoms with Gasteiger partial charge >= 0.3 is 0 Å². The summed E-state index contributed by atoms with van der Waals surface area (Å²) in [5.74, 6) is -1.05. The third-order valence-electron chi connectivity index (χ3n) is 6.02. The number of hydrogen-bond donors (Lipinski definition) is 1. The van der Waals surface area contributed by atoms with Crippen LogP contribution in [0.25, 0.3) is 0 Å². The molecule has 2 amide bonds. The van der Waals surface area contributed by atoms with E-state index < -0.39 is 17.6 Å².